The molecule has 4 rings (SSSR count). The van der Waals surface area contributed by atoms with E-state index in [1.807, 2.05) is 36.4 Å². The number of nitrogens with zero attached hydrogens (tertiary/aromatic N) is 4. The Kier molecular flexibility index (Phi) is 9.58. The van der Waals surface area contributed by atoms with Gasteiger partial charge in [-0.05, 0) is 54.6 Å². The summed E-state index contributed by atoms with van der Waals surface area (Å²) in [6.07, 6.45) is 1.67. The molecule has 2 heterocycles. The molecule has 2 aromatic heterocycles. The van der Waals surface area contributed by atoms with Crippen molar-refractivity contribution in [3.63, 3.8) is 0 Å². The van der Waals surface area contributed by atoms with Gasteiger partial charge in [-0.1, -0.05) is 33.3 Å². The lowest BCUT2D eigenvalue weighted by atomic mass is 10.2. The number of amides is 1. The highest BCUT2D eigenvalue weighted by atomic mass is 79.9. The maximum absolute atomic E-state index is 13.7. The van der Waals surface area contributed by atoms with E-state index in [9.17, 15) is 13.2 Å². The van der Waals surface area contributed by atoms with Gasteiger partial charge in [0.15, 0.2) is 5.13 Å². The van der Waals surface area contributed by atoms with E-state index in [0.29, 0.717) is 16.4 Å². The predicted octanol–water partition coefficient (Wildman–Crippen LogP) is 4.58. The van der Waals surface area contributed by atoms with Crippen molar-refractivity contribution in [2.75, 3.05) is 45.4 Å². The number of sulfonamides is 1. The number of methoxy groups -OCH3 is 2. The molecule has 0 aliphatic heterocycles. The van der Waals surface area contributed by atoms with Crippen LogP contribution >= 0.6 is 27.3 Å². The zero-order chi connectivity index (χ0) is 27.1. The highest BCUT2D eigenvalue weighted by molar-refractivity contribution is 9.10. The molecular weight excluding hydrogens is 592 g/mol. The van der Waals surface area contributed by atoms with Crippen molar-refractivity contribution < 1.29 is 22.7 Å². The molecule has 0 aliphatic carbocycles. The Hall–Kier alpha value is -2.74. The summed E-state index contributed by atoms with van der Waals surface area (Å²) in [5.74, 6) is -0.312. The van der Waals surface area contributed by atoms with Gasteiger partial charge >= 0.3 is 0 Å². The fraction of sp³-hybridized carbons (Fsp3) is 0.269. The Balaban J connectivity index is 1.64. The number of hydrogen-bond acceptors (Lipinski definition) is 8. The zero-order valence-electron chi connectivity index (χ0n) is 20.9. The van der Waals surface area contributed by atoms with E-state index in [1.165, 1.54) is 54.1 Å². The van der Waals surface area contributed by atoms with Crippen LogP contribution in [0, 0.1) is 0 Å². The van der Waals surface area contributed by atoms with E-state index < -0.39 is 10.0 Å². The van der Waals surface area contributed by atoms with E-state index in [1.54, 1.807) is 11.1 Å². The Morgan fingerprint density at radius 2 is 1.71 bits per heavy atom. The minimum atomic E-state index is -3.81. The van der Waals surface area contributed by atoms with Crippen LogP contribution in [0.3, 0.4) is 0 Å². The minimum absolute atomic E-state index is 0.0855. The first-order chi connectivity index (χ1) is 18.3. The van der Waals surface area contributed by atoms with Crippen LogP contribution in [0.5, 0.6) is 0 Å². The van der Waals surface area contributed by atoms with Crippen LogP contribution in [0.1, 0.15) is 16.1 Å². The Morgan fingerprint density at radius 3 is 2.34 bits per heavy atom. The highest BCUT2D eigenvalue weighted by Crippen LogP contribution is 2.32. The number of ether oxygens (including phenoxy) is 2. The fourth-order valence-corrected chi connectivity index (χ4v) is 6.62. The number of aromatic nitrogens is 2. The predicted molar refractivity (Wildman–Crippen MR) is 151 cm³/mol. The van der Waals surface area contributed by atoms with E-state index in [2.05, 4.69) is 25.9 Å². The first-order valence-corrected chi connectivity index (χ1v) is 14.7. The molecule has 4 aromatic rings. The van der Waals surface area contributed by atoms with Gasteiger partial charge in [0.2, 0.25) is 10.0 Å². The summed E-state index contributed by atoms with van der Waals surface area (Å²) >= 11 is 4.88. The monoisotopic (exact) mass is 618 g/mol. The number of benzene rings is 2. The normalized spacial score (nSPS) is 11.8. The number of thiazole rings is 1. The lowest BCUT2D eigenvalue weighted by molar-refractivity contribution is 0.0984. The molecule has 0 N–H and O–H groups in total. The molecule has 0 atom stereocenters. The second-order valence-corrected chi connectivity index (χ2v) is 12.1. The van der Waals surface area contributed by atoms with Gasteiger partial charge in [0.25, 0.3) is 5.91 Å². The Labute approximate surface area is 234 Å². The van der Waals surface area contributed by atoms with Crippen LogP contribution in [0.15, 0.2) is 76.2 Å². The van der Waals surface area contributed by atoms with E-state index in [-0.39, 0.29) is 43.7 Å². The number of halogens is 1. The summed E-state index contributed by atoms with van der Waals surface area (Å²) in [5.41, 5.74) is 1.81. The van der Waals surface area contributed by atoms with Gasteiger partial charge in [-0.25, -0.2) is 13.4 Å². The molecule has 0 aliphatic rings. The summed E-state index contributed by atoms with van der Waals surface area (Å²) in [7, 11) is -0.774. The largest absolute Gasteiger partial charge is 0.383 e. The summed E-state index contributed by atoms with van der Waals surface area (Å²) in [5, 5.41) is 0.524. The minimum Gasteiger partial charge on any atom is -0.383 e. The molecule has 2 aromatic carbocycles. The molecular formula is C26H27BrN4O5S2. The molecule has 0 saturated carbocycles. The van der Waals surface area contributed by atoms with Crippen molar-refractivity contribution in [2.24, 2.45) is 0 Å². The van der Waals surface area contributed by atoms with Crippen molar-refractivity contribution in [3.05, 3.63) is 82.6 Å². The standard InChI is InChI=1S/C26H27BrN4O5S2/c1-35-15-13-30(14-16-36-2)38(33,34)22-9-6-19(7-10-22)25(32)31(18-21-5-3-4-12-28-21)26-29-23-11-8-20(27)17-24(23)37-26/h3-12,17H,13-16,18H2,1-2H3. The molecule has 0 bridgehead atoms. The summed E-state index contributed by atoms with van der Waals surface area (Å²) in [4.78, 5) is 24.4. The molecule has 1 amide bonds. The van der Waals surface area contributed by atoms with Crippen molar-refractivity contribution in [1.29, 1.82) is 0 Å². The van der Waals surface area contributed by atoms with Crippen LogP contribution in [0.4, 0.5) is 5.13 Å². The first kappa shape index (κ1) is 28.3. The van der Waals surface area contributed by atoms with Crippen molar-refractivity contribution >= 4 is 58.5 Å². The number of carbonyl (C=O) groups excluding carboxylic acids is 1. The zero-order valence-corrected chi connectivity index (χ0v) is 24.1. The maximum Gasteiger partial charge on any atom is 0.260 e. The number of carbonyl (C=O) groups is 1. The quantitative estimate of drug-likeness (QED) is 0.229. The summed E-state index contributed by atoms with van der Waals surface area (Å²) in [6.45, 7) is 1.09. The van der Waals surface area contributed by atoms with Crippen molar-refractivity contribution in [2.45, 2.75) is 11.4 Å². The van der Waals surface area contributed by atoms with Gasteiger partial charge in [0, 0.05) is 43.5 Å². The third-order valence-corrected chi connectivity index (χ3v) is 9.14. The number of anilines is 1. The van der Waals surface area contributed by atoms with Gasteiger partial charge in [-0.2, -0.15) is 4.31 Å². The first-order valence-electron chi connectivity index (χ1n) is 11.7. The van der Waals surface area contributed by atoms with Gasteiger partial charge < -0.3 is 9.47 Å². The Morgan fingerprint density at radius 1 is 1.00 bits per heavy atom. The van der Waals surface area contributed by atoms with E-state index in [0.717, 1.165) is 14.7 Å². The topological polar surface area (TPSA) is 102 Å². The number of fused-ring (bicyclic) bond motifs is 1. The molecule has 9 nitrogen and oxygen atoms in total. The maximum atomic E-state index is 13.7. The van der Waals surface area contributed by atoms with Gasteiger partial charge in [0.1, 0.15) is 0 Å². The lowest BCUT2D eigenvalue weighted by Gasteiger charge is -2.22. The van der Waals surface area contributed by atoms with Crippen LogP contribution in [0.25, 0.3) is 10.2 Å². The average Bonchev–Trinajstić information content (AvgIpc) is 3.35. The Bertz CT molecular complexity index is 1470. The van der Waals surface area contributed by atoms with Gasteiger partial charge in [-0.3, -0.25) is 14.7 Å². The second-order valence-electron chi connectivity index (χ2n) is 8.23. The highest BCUT2D eigenvalue weighted by Gasteiger charge is 2.26. The molecule has 200 valence electrons. The molecule has 12 heteroatoms. The van der Waals surface area contributed by atoms with Crippen molar-refractivity contribution in [3.8, 4) is 0 Å². The number of rotatable bonds is 12. The number of hydrogen-bond donors (Lipinski definition) is 0. The van der Waals surface area contributed by atoms with E-state index >= 15 is 0 Å². The van der Waals surface area contributed by atoms with E-state index in [4.69, 9.17) is 9.47 Å². The molecule has 0 unspecified atom stereocenters. The number of pyridine rings is 1. The molecule has 0 saturated heterocycles. The SMILES string of the molecule is COCCN(CCOC)S(=O)(=O)c1ccc(C(=O)N(Cc2ccccn2)c2nc3ccc(Br)cc3s2)cc1. The smallest absolute Gasteiger partial charge is 0.260 e. The van der Waals surface area contributed by atoms with Crippen LogP contribution in [-0.2, 0) is 26.0 Å². The molecule has 0 radical (unpaired) electrons. The van der Waals surface area contributed by atoms with Crippen LogP contribution in [0.2, 0.25) is 0 Å². The summed E-state index contributed by atoms with van der Waals surface area (Å²) < 4.78 is 39.8. The second kappa shape index (κ2) is 12.9. The third kappa shape index (κ3) is 6.63. The van der Waals surface area contributed by atoms with Crippen LogP contribution in [-0.4, -0.2) is 69.1 Å². The van der Waals surface area contributed by atoms with Gasteiger partial charge in [-0.15, -0.1) is 0 Å². The summed E-state index contributed by atoms with van der Waals surface area (Å²) in [6, 6.07) is 17.2. The van der Waals surface area contributed by atoms with Crippen molar-refractivity contribution in [1.82, 2.24) is 14.3 Å². The molecule has 0 fully saturated rings. The molecule has 0 spiro atoms. The fourth-order valence-electron chi connectivity index (χ4n) is 3.69. The lowest BCUT2D eigenvalue weighted by Crippen LogP contribution is -2.36. The van der Waals surface area contributed by atoms with Gasteiger partial charge in [0.05, 0.1) is 40.6 Å². The van der Waals surface area contributed by atoms with Crippen LogP contribution < -0.4 is 4.90 Å². The molecule has 38 heavy (non-hydrogen) atoms. The third-order valence-electron chi connectivity index (χ3n) is 5.69. The average molecular weight is 620 g/mol.